The summed E-state index contributed by atoms with van der Waals surface area (Å²) in [7, 11) is 0. The molecule has 1 fully saturated rings. The minimum atomic E-state index is -0.243. The van der Waals surface area contributed by atoms with E-state index in [2.05, 4.69) is 35.9 Å². The van der Waals surface area contributed by atoms with E-state index in [-0.39, 0.29) is 23.5 Å². The standard InChI is InChI=1S/C14H22N2O2S/c1-10-12(15-6-7-18-10)13(17)16-9-14(2,3)11-5-4-8-19-11/h4-5,8,10,12,15H,6-7,9H2,1-3H3,(H,16,17)/t10-,12+/m1/s1. The quantitative estimate of drug-likeness (QED) is 0.880. The van der Waals surface area contributed by atoms with Crippen LogP contribution in [-0.2, 0) is 14.9 Å². The van der Waals surface area contributed by atoms with Gasteiger partial charge in [-0.15, -0.1) is 11.3 Å². The maximum Gasteiger partial charge on any atom is 0.239 e. The van der Waals surface area contributed by atoms with Crippen molar-refractivity contribution in [2.75, 3.05) is 19.7 Å². The number of rotatable bonds is 4. The SMILES string of the molecule is C[C@H]1OCCN[C@@H]1C(=O)NCC(C)(C)c1cccs1. The molecule has 1 aromatic rings. The third-order valence-electron chi connectivity index (χ3n) is 3.49. The number of ether oxygens (including phenoxy) is 1. The zero-order chi connectivity index (χ0) is 13.9. The average Bonchev–Trinajstić information content (AvgIpc) is 2.91. The van der Waals surface area contributed by atoms with Crippen molar-refractivity contribution < 1.29 is 9.53 Å². The zero-order valence-electron chi connectivity index (χ0n) is 11.7. The first-order valence-electron chi connectivity index (χ1n) is 6.67. The Bertz CT molecular complexity index is 417. The van der Waals surface area contributed by atoms with Gasteiger partial charge in [0, 0.05) is 23.4 Å². The molecule has 19 heavy (non-hydrogen) atoms. The smallest absolute Gasteiger partial charge is 0.239 e. The van der Waals surface area contributed by atoms with E-state index in [1.165, 1.54) is 4.88 Å². The normalized spacial score (nSPS) is 24.2. The van der Waals surface area contributed by atoms with Gasteiger partial charge in [-0.05, 0) is 18.4 Å². The van der Waals surface area contributed by atoms with Crippen molar-refractivity contribution in [1.29, 1.82) is 0 Å². The van der Waals surface area contributed by atoms with E-state index >= 15 is 0 Å². The first kappa shape index (κ1) is 14.5. The molecule has 0 saturated carbocycles. The second-order valence-electron chi connectivity index (χ2n) is 5.59. The fourth-order valence-electron chi connectivity index (χ4n) is 2.20. The summed E-state index contributed by atoms with van der Waals surface area (Å²) in [6.07, 6.45) is -0.0707. The highest BCUT2D eigenvalue weighted by atomic mass is 32.1. The highest BCUT2D eigenvalue weighted by Gasteiger charge is 2.30. The monoisotopic (exact) mass is 282 g/mol. The molecule has 0 radical (unpaired) electrons. The van der Waals surface area contributed by atoms with Gasteiger partial charge in [-0.25, -0.2) is 0 Å². The summed E-state index contributed by atoms with van der Waals surface area (Å²) >= 11 is 1.73. The van der Waals surface area contributed by atoms with E-state index in [1.807, 2.05) is 13.0 Å². The van der Waals surface area contributed by atoms with Gasteiger partial charge in [0.2, 0.25) is 5.91 Å². The van der Waals surface area contributed by atoms with Crippen LogP contribution in [0.2, 0.25) is 0 Å². The van der Waals surface area contributed by atoms with Crippen LogP contribution < -0.4 is 10.6 Å². The summed E-state index contributed by atoms with van der Waals surface area (Å²) in [5, 5.41) is 8.31. The molecule has 4 nitrogen and oxygen atoms in total. The Balaban J connectivity index is 1.89. The molecule has 0 unspecified atom stereocenters. The Labute approximate surface area is 118 Å². The van der Waals surface area contributed by atoms with Crippen molar-refractivity contribution in [1.82, 2.24) is 10.6 Å². The van der Waals surface area contributed by atoms with Gasteiger partial charge < -0.3 is 15.4 Å². The molecule has 106 valence electrons. The predicted octanol–water partition coefficient (Wildman–Crippen LogP) is 1.52. The molecule has 0 bridgehead atoms. The molecular weight excluding hydrogens is 260 g/mol. The Morgan fingerprint density at radius 1 is 1.63 bits per heavy atom. The fourth-order valence-corrected chi connectivity index (χ4v) is 3.05. The van der Waals surface area contributed by atoms with Crippen molar-refractivity contribution in [2.24, 2.45) is 0 Å². The highest BCUT2D eigenvalue weighted by molar-refractivity contribution is 7.10. The number of hydrogen-bond donors (Lipinski definition) is 2. The second-order valence-corrected chi connectivity index (χ2v) is 6.53. The Morgan fingerprint density at radius 3 is 3.05 bits per heavy atom. The predicted molar refractivity (Wildman–Crippen MR) is 77.6 cm³/mol. The lowest BCUT2D eigenvalue weighted by atomic mass is 9.91. The van der Waals surface area contributed by atoms with Crippen LogP contribution >= 0.6 is 11.3 Å². The van der Waals surface area contributed by atoms with Gasteiger partial charge in [-0.2, -0.15) is 0 Å². The Kier molecular flexibility index (Phi) is 4.60. The summed E-state index contributed by atoms with van der Waals surface area (Å²) in [4.78, 5) is 13.5. The molecule has 2 N–H and O–H groups in total. The maximum atomic E-state index is 12.2. The van der Waals surface area contributed by atoms with Crippen LogP contribution in [0.15, 0.2) is 17.5 Å². The maximum absolute atomic E-state index is 12.2. The van der Waals surface area contributed by atoms with Crippen molar-refractivity contribution in [2.45, 2.75) is 38.3 Å². The van der Waals surface area contributed by atoms with Crippen LogP contribution in [0.3, 0.4) is 0 Å². The lowest BCUT2D eigenvalue weighted by molar-refractivity contribution is -0.129. The van der Waals surface area contributed by atoms with Crippen molar-refractivity contribution in [3.63, 3.8) is 0 Å². The summed E-state index contributed by atoms with van der Waals surface area (Å²) < 4.78 is 5.49. The first-order chi connectivity index (χ1) is 9.00. The molecule has 2 rings (SSSR count). The minimum Gasteiger partial charge on any atom is -0.375 e. The molecule has 1 amide bonds. The molecule has 1 aromatic heterocycles. The number of morpholine rings is 1. The van der Waals surface area contributed by atoms with E-state index in [0.29, 0.717) is 13.2 Å². The van der Waals surface area contributed by atoms with Crippen LogP contribution in [0, 0.1) is 0 Å². The molecule has 1 aliphatic heterocycles. The fraction of sp³-hybridized carbons (Fsp3) is 0.643. The number of nitrogens with one attached hydrogen (secondary N) is 2. The van der Waals surface area contributed by atoms with Gasteiger partial charge in [0.25, 0.3) is 0 Å². The number of hydrogen-bond acceptors (Lipinski definition) is 4. The Hall–Kier alpha value is -0.910. The van der Waals surface area contributed by atoms with Crippen LogP contribution in [0.1, 0.15) is 25.6 Å². The molecule has 2 atom stereocenters. The van der Waals surface area contributed by atoms with Gasteiger partial charge in [0.05, 0.1) is 12.7 Å². The van der Waals surface area contributed by atoms with Crippen LogP contribution in [0.5, 0.6) is 0 Å². The molecule has 2 heterocycles. The third kappa shape index (κ3) is 3.55. The second kappa shape index (κ2) is 6.03. The summed E-state index contributed by atoms with van der Waals surface area (Å²) in [5.41, 5.74) is -0.0391. The number of thiophene rings is 1. The van der Waals surface area contributed by atoms with E-state index in [1.54, 1.807) is 11.3 Å². The molecular formula is C14H22N2O2S. The number of carbonyl (C=O) groups is 1. The lowest BCUT2D eigenvalue weighted by Crippen LogP contribution is -2.56. The molecule has 1 aliphatic rings. The summed E-state index contributed by atoms with van der Waals surface area (Å²) in [6.45, 7) is 8.27. The molecule has 0 aliphatic carbocycles. The van der Waals surface area contributed by atoms with Crippen LogP contribution in [0.25, 0.3) is 0 Å². The lowest BCUT2D eigenvalue weighted by Gasteiger charge is -2.31. The third-order valence-corrected chi connectivity index (χ3v) is 4.73. The van der Waals surface area contributed by atoms with E-state index in [0.717, 1.165) is 6.54 Å². The summed E-state index contributed by atoms with van der Waals surface area (Å²) in [6, 6.07) is 3.91. The zero-order valence-corrected chi connectivity index (χ0v) is 12.5. The van der Waals surface area contributed by atoms with Gasteiger partial charge in [0.15, 0.2) is 0 Å². The van der Waals surface area contributed by atoms with Gasteiger partial charge in [0.1, 0.15) is 6.04 Å². The van der Waals surface area contributed by atoms with Crippen LogP contribution in [0.4, 0.5) is 0 Å². The number of carbonyl (C=O) groups excluding carboxylic acids is 1. The largest absolute Gasteiger partial charge is 0.375 e. The minimum absolute atomic E-state index is 0.0248. The van der Waals surface area contributed by atoms with Gasteiger partial charge in [-0.1, -0.05) is 19.9 Å². The van der Waals surface area contributed by atoms with Crippen molar-refractivity contribution in [3.05, 3.63) is 22.4 Å². The van der Waals surface area contributed by atoms with E-state index in [4.69, 9.17) is 4.74 Å². The van der Waals surface area contributed by atoms with Gasteiger partial charge in [-0.3, -0.25) is 4.79 Å². The van der Waals surface area contributed by atoms with E-state index in [9.17, 15) is 4.79 Å². The highest BCUT2D eigenvalue weighted by Crippen LogP contribution is 2.26. The van der Waals surface area contributed by atoms with Crippen LogP contribution in [-0.4, -0.2) is 37.7 Å². The Morgan fingerprint density at radius 2 is 2.42 bits per heavy atom. The van der Waals surface area contributed by atoms with E-state index < -0.39 is 0 Å². The van der Waals surface area contributed by atoms with Crippen molar-refractivity contribution in [3.8, 4) is 0 Å². The van der Waals surface area contributed by atoms with Crippen molar-refractivity contribution >= 4 is 17.2 Å². The molecule has 0 spiro atoms. The summed E-state index contributed by atoms with van der Waals surface area (Å²) in [5.74, 6) is 0.0248. The van der Waals surface area contributed by atoms with Gasteiger partial charge >= 0.3 is 0 Å². The average molecular weight is 282 g/mol. The first-order valence-corrected chi connectivity index (χ1v) is 7.55. The number of amides is 1. The molecule has 1 saturated heterocycles. The molecule has 0 aromatic carbocycles. The molecule has 5 heteroatoms. The topological polar surface area (TPSA) is 50.4 Å².